The van der Waals surface area contributed by atoms with Crippen molar-refractivity contribution in [1.82, 2.24) is 0 Å². The van der Waals surface area contributed by atoms with Gasteiger partial charge in [0.25, 0.3) is 0 Å². The maximum Gasteiger partial charge on any atom is 0.494 e. The summed E-state index contributed by atoms with van der Waals surface area (Å²) in [6.45, 7) is 5.48. The number of halogens is 2. The summed E-state index contributed by atoms with van der Waals surface area (Å²) < 4.78 is 5.06. The Balaban J connectivity index is 2.93. The van der Waals surface area contributed by atoms with Crippen LogP contribution in [0.4, 0.5) is 0 Å². The quantitative estimate of drug-likeness (QED) is 0.236. The van der Waals surface area contributed by atoms with E-state index in [1.807, 2.05) is 6.92 Å². The average molecular weight is 344 g/mol. The van der Waals surface area contributed by atoms with Gasteiger partial charge in [0.1, 0.15) is 0 Å². The van der Waals surface area contributed by atoms with Gasteiger partial charge in [0.05, 0.1) is 5.02 Å². The Bertz CT molecular complexity index is 596. The molecule has 22 heavy (non-hydrogen) atoms. The first-order valence-corrected chi connectivity index (χ1v) is 7.49. The minimum absolute atomic E-state index is 0.191. The predicted molar refractivity (Wildman–Crippen MR) is 87.3 cm³/mol. The van der Waals surface area contributed by atoms with E-state index in [2.05, 4.69) is 6.58 Å². The van der Waals surface area contributed by atoms with Gasteiger partial charge in [-0.3, -0.25) is 9.59 Å². The van der Waals surface area contributed by atoms with Gasteiger partial charge < -0.3 is 9.53 Å². The maximum atomic E-state index is 12.3. The normalized spacial score (nSPS) is 11.6. The number of Topliss-reactive ketones (excluding diaryl/α,β-unsaturated/α-hetero) is 1. The number of hydrogen-bond donors (Lipinski definition) is 0. The Labute approximate surface area is 139 Å². The van der Waals surface area contributed by atoms with Crippen molar-refractivity contribution in [2.45, 2.75) is 19.8 Å². The van der Waals surface area contributed by atoms with E-state index in [-0.39, 0.29) is 23.6 Å². The third kappa shape index (κ3) is 4.97. The molecule has 4 nitrogen and oxygen atoms in total. The number of ether oxygens (including phenoxy) is 1. The van der Waals surface area contributed by atoms with E-state index in [1.165, 1.54) is 18.2 Å². The molecule has 0 saturated carbocycles. The molecule has 1 N–H and O–H groups in total. The van der Waals surface area contributed by atoms with Gasteiger partial charge in [-0.2, -0.15) is 0 Å². The lowest BCUT2D eigenvalue weighted by Gasteiger charge is -2.08. The van der Waals surface area contributed by atoms with Gasteiger partial charge >= 0.3 is 5.97 Å². The molecule has 0 aliphatic carbocycles. The Morgan fingerprint density at radius 3 is 2.64 bits per heavy atom. The summed E-state index contributed by atoms with van der Waals surface area (Å²) in [6.07, 6.45) is 1.45. The van der Waals surface area contributed by atoms with Gasteiger partial charge in [-0.25, -0.2) is 0 Å². The van der Waals surface area contributed by atoms with Crippen molar-refractivity contribution >= 4 is 40.7 Å². The number of allylic oxidation sites excluding steroid dienone is 1. The largest absolute Gasteiger partial charge is 0.494 e. The topological polar surface area (TPSA) is 64.8 Å². The van der Waals surface area contributed by atoms with Crippen LogP contribution in [-0.4, -0.2) is 28.9 Å². The lowest BCUT2D eigenvalue weighted by atomic mass is 9.94. The van der Waals surface area contributed by atoms with Crippen LogP contribution in [0, 0.1) is 5.92 Å². The summed E-state index contributed by atoms with van der Waals surface area (Å²) >= 11 is 11.8. The number of carbonyl (C=O) groups excluding carboxylic acids is 3. The molecule has 0 aliphatic heterocycles. The van der Waals surface area contributed by atoms with E-state index in [0.29, 0.717) is 11.4 Å². The van der Waals surface area contributed by atoms with Gasteiger partial charge in [-0.1, -0.05) is 36.7 Å². The fourth-order valence-corrected chi connectivity index (χ4v) is 2.28. The highest BCUT2D eigenvalue weighted by Crippen LogP contribution is 2.24. The highest BCUT2D eigenvalue weighted by atomic mass is 35.5. The van der Waals surface area contributed by atoms with Crippen LogP contribution in [0.15, 0.2) is 30.9 Å². The molecular formula is C16H17Cl2O4+. The van der Waals surface area contributed by atoms with E-state index in [1.54, 1.807) is 0 Å². The molecule has 0 fully saturated rings. The van der Waals surface area contributed by atoms with E-state index in [9.17, 15) is 14.4 Å². The van der Waals surface area contributed by atoms with Gasteiger partial charge in [-0.15, -0.1) is 0 Å². The minimum Gasteiger partial charge on any atom is -0.338 e. The van der Waals surface area contributed by atoms with Crippen LogP contribution >= 0.6 is 23.2 Å². The molecule has 0 aromatic heterocycles. The summed E-state index contributed by atoms with van der Waals surface area (Å²) in [4.78, 5) is 34.0. The second kappa shape index (κ2) is 8.71. The number of esters is 1. The molecule has 0 amide bonds. The average Bonchev–Trinajstić information content (AvgIpc) is 2.49. The molecule has 1 atom stereocenters. The van der Waals surface area contributed by atoms with E-state index in [0.717, 1.165) is 6.08 Å². The number of benzene rings is 1. The lowest BCUT2D eigenvalue weighted by molar-refractivity contribution is -0.116. The molecule has 0 radical (unpaired) electrons. The van der Waals surface area contributed by atoms with Crippen LogP contribution in [0.5, 0.6) is 0 Å². The van der Waals surface area contributed by atoms with Crippen molar-refractivity contribution in [2.75, 3.05) is 6.61 Å². The second-order valence-electron chi connectivity index (χ2n) is 4.60. The highest BCUT2D eigenvalue weighted by Gasteiger charge is 2.35. The van der Waals surface area contributed by atoms with Gasteiger partial charge in [-0.05, 0) is 24.3 Å². The molecule has 0 bridgehead atoms. The van der Waals surface area contributed by atoms with Crippen molar-refractivity contribution in [3.05, 3.63) is 46.5 Å². The zero-order valence-corrected chi connectivity index (χ0v) is 13.7. The number of ketones is 2. The summed E-state index contributed by atoms with van der Waals surface area (Å²) in [6, 6.07) is 4.45. The van der Waals surface area contributed by atoms with E-state index in [4.69, 9.17) is 27.9 Å². The summed E-state index contributed by atoms with van der Waals surface area (Å²) in [5, 5.41) is 0.595. The van der Waals surface area contributed by atoms with Gasteiger partial charge in [0.15, 0.2) is 24.1 Å². The lowest BCUT2D eigenvalue weighted by Crippen LogP contribution is -2.28. The third-order valence-electron chi connectivity index (χ3n) is 2.92. The zero-order valence-electron chi connectivity index (χ0n) is 12.1. The smallest absolute Gasteiger partial charge is 0.338 e. The second-order valence-corrected chi connectivity index (χ2v) is 5.44. The highest BCUT2D eigenvalue weighted by molar-refractivity contribution is 6.37. The fourth-order valence-electron chi connectivity index (χ4n) is 1.77. The molecular weight excluding hydrogens is 327 g/mol. The first-order chi connectivity index (χ1) is 10.4. The standard InChI is InChI=1S/C16H16Cl2O4/c1-3-7-22-16(21)12(14(19)4-2)9-15(20)11-6-5-10(17)8-13(11)18/h4-6,8,12H,2-3,7,9H2,1H3/p+1. The number of carbonyl (C=O) groups is 2. The first-order valence-electron chi connectivity index (χ1n) is 6.73. The Kier molecular flexibility index (Phi) is 7.28. The van der Waals surface area contributed by atoms with Crippen LogP contribution in [0.25, 0.3) is 0 Å². The Hall–Kier alpha value is -1.65. The monoisotopic (exact) mass is 343 g/mol. The van der Waals surface area contributed by atoms with Crippen molar-refractivity contribution in [1.29, 1.82) is 0 Å². The van der Waals surface area contributed by atoms with Crippen molar-refractivity contribution < 1.29 is 19.1 Å². The number of hydrogen-bond acceptors (Lipinski definition) is 3. The molecule has 1 unspecified atom stereocenters. The van der Waals surface area contributed by atoms with Crippen molar-refractivity contribution in [3.63, 3.8) is 0 Å². The van der Waals surface area contributed by atoms with E-state index >= 15 is 0 Å². The SMILES string of the molecule is C=CC(=O)C(CC(=O)c1ccc(Cl)cc1Cl)C(=[OH+])OCCC. The molecule has 1 aromatic carbocycles. The van der Waals surface area contributed by atoms with Crippen molar-refractivity contribution in [2.24, 2.45) is 5.92 Å². The molecule has 0 aliphatic rings. The van der Waals surface area contributed by atoms with Gasteiger partial charge in [0.2, 0.25) is 0 Å². The Morgan fingerprint density at radius 2 is 2.09 bits per heavy atom. The van der Waals surface area contributed by atoms with Crippen LogP contribution in [-0.2, 0) is 9.53 Å². The van der Waals surface area contributed by atoms with Crippen molar-refractivity contribution in [3.8, 4) is 0 Å². The third-order valence-corrected chi connectivity index (χ3v) is 3.47. The molecule has 118 valence electrons. The molecule has 0 saturated heterocycles. The maximum absolute atomic E-state index is 12.3. The fraction of sp³-hybridized carbons (Fsp3) is 0.312. The zero-order chi connectivity index (χ0) is 16.7. The number of rotatable bonds is 8. The first kappa shape index (κ1) is 18.4. The Morgan fingerprint density at radius 1 is 1.41 bits per heavy atom. The molecule has 0 spiro atoms. The summed E-state index contributed by atoms with van der Waals surface area (Å²) in [5.41, 5.74) is 0.233. The minimum atomic E-state index is -1.09. The van der Waals surface area contributed by atoms with Crippen LogP contribution in [0.3, 0.4) is 0 Å². The predicted octanol–water partition coefficient (Wildman–Crippen LogP) is 3.87. The molecule has 1 rings (SSSR count). The summed E-state index contributed by atoms with van der Waals surface area (Å²) in [5.74, 6) is -2.46. The van der Waals surface area contributed by atoms with E-state index < -0.39 is 23.5 Å². The van der Waals surface area contributed by atoms with Crippen LogP contribution in [0.1, 0.15) is 30.1 Å². The van der Waals surface area contributed by atoms with Gasteiger partial charge in [0, 0.05) is 23.4 Å². The molecule has 1 aromatic rings. The molecule has 6 heteroatoms. The summed E-state index contributed by atoms with van der Waals surface area (Å²) in [7, 11) is 0. The molecule has 0 heterocycles. The van der Waals surface area contributed by atoms with Crippen LogP contribution < -0.4 is 0 Å². The van der Waals surface area contributed by atoms with Crippen LogP contribution in [0.2, 0.25) is 10.0 Å².